The molecular weight excluding hydrogens is 358 g/mol. The van der Waals surface area contributed by atoms with Gasteiger partial charge >= 0.3 is 5.97 Å². The summed E-state index contributed by atoms with van der Waals surface area (Å²) in [5.74, 6) is 0.470. The molecule has 2 aromatic carbocycles. The van der Waals surface area contributed by atoms with Gasteiger partial charge in [0.25, 0.3) is 10.0 Å². The highest BCUT2D eigenvalue weighted by atomic mass is 32.2. The Kier molecular flexibility index (Phi) is 6.46. The third kappa shape index (κ3) is 4.45. The molecule has 0 N–H and O–H groups in total. The van der Waals surface area contributed by atoms with Crippen LogP contribution in [0.25, 0.3) is 0 Å². The number of benzene rings is 2. The first-order valence-electron chi connectivity index (χ1n) is 7.88. The third-order valence-corrected chi connectivity index (χ3v) is 5.37. The molecule has 140 valence electrons. The number of nitrogens with zero attached hydrogens (tertiary/aromatic N) is 1. The molecule has 0 aliphatic rings. The van der Waals surface area contributed by atoms with E-state index in [1.165, 1.54) is 26.4 Å². The molecule has 0 fully saturated rings. The quantitative estimate of drug-likeness (QED) is 0.656. The minimum atomic E-state index is -3.98. The van der Waals surface area contributed by atoms with E-state index in [4.69, 9.17) is 14.2 Å². The Bertz CT molecular complexity index is 831. The molecule has 2 rings (SSSR count). The van der Waals surface area contributed by atoms with E-state index in [2.05, 4.69) is 0 Å². The molecule has 0 atom stereocenters. The van der Waals surface area contributed by atoms with E-state index in [-0.39, 0.29) is 11.5 Å². The second-order valence-electron chi connectivity index (χ2n) is 5.19. The average Bonchev–Trinajstić information content (AvgIpc) is 2.66. The van der Waals surface area contributed by atoms with E-state index in [1.54, 1.807) is 43.3 Å². The fourth-order valence-electron chi connectivity index (χ4n) is 2.26. The normalized spacial score (nSPS) is 10.9. The van der Waals surface area contributed by atoms with Crippen molar-refractivity contribution in [3.8, 4) is 11.5 Å². The molecule has 0 saturated heterocycles. The number of esters is 1. The Morgan fingerprint density at radius 2 is 1.42 bits per heavy atom. The van der Waals surface area contributed by atoms with Gasteiger partial charge in [0.05, 0.1) is 31.4 Å². The lowest BCUT2D eigenvalue weighted by atomic mass is 10.3. The molecule has 0 heterocycles. The van der Waals surface area contributed by atoms with Crippen molar-refractivity contribution in [1.29, 1.82) is 0 Å². The van der Waals surface area contributed by atoms with Gasteiger partial charge in [-0.1, -0.05) is 0 Å². The first kappa shape index (κ1) is 19.6. The standard InChI is InChI=1S/C18H21NO6S/c1-4-25-18(20)13-19(14-5-7-15(23-2)8-6-14)26(21,22)17-11-9-16(24-3)10-12-17/h5-12H,4,13H2,1-3H3. The van der Waals surface area contributed by atoms with Crippen LogP contribution in [-0.2, 0) is 19.6 Å². The molecule has 0 aromatic heterocycles. The average molecular weight is 379 g/mol. The van der Waals surface area contributed by atoms with Gasteiger partial charge in [-0.2, -0.15) is 0 Å². The van der Waals surface area contributed by atoms with E-state index >= 15 is 0 Å². The van der Waals surface area contributed by atoms with Crippen LogP contribution in [-0.4, -0.2) is 41.8 Å². The summed E-state index contributed by atoms with van der Waals surface area (Å²) in [5.41, 5.74) is 0.328. The van der Waals surface area contributed by atoms with Gasteiger partial charge in [0.2, 0.25) is 0 Å². The zero-order chi connectivity index (χ0) is 19.2. The van der Waals surface area contributed by atoms with Crippen LogP contribution in [0.4, 0.5) is 5.69 Å². The second kappa shape index (κ2) is 8.57. The second-order valence-corrected chi connectivity index (χ2v) is 7.05. The van der Waals surface area contributed by atoms with Gasteiger partial charge in [0.15, 0.2) is 0 Å². The summed E-state index contributed by atoms with van der Waals surface area (Å²) in [6, 6.07) is 12.3. The summed E-state index contributed by atoms with van der Waals surface area (Å²) in [5, 5.41) is 0. The van der Waals surface area contributed by atoms with Crippen LogP contribution in [0.2, 0.25) is 0 Å². The fourth-order valence-corrected chi connectivity index (χ4v) is 3.67. The van der Waals surface area contributed by atoms with Crippen LogP contribution < -0.4 is 13.8 Å². The Morgan fingerprint density at radius 1 is 0.923 bits per heavy atom. The highest BCUT2D eigenvalue weighted by Crippen LogP contribution is 2.26. The van der Waals surface area contributed by atoms with E-state index in [0.29, 0.717) is 17.2 Å². The first-order valence-corrected chi connectivity index (χ1v) is 9.32. The number of hydrogen-bond acceptors (Lipinski definition) is 6. The van der Waals surface area contributed by atoms with E-state index in [0.717, 1.165) is 4.31 Å². The number of methoxy groups -OCH3 is 2. The lowest BCUT2D eigenvalue weighted by molar-refractivity contribution is -0.141. The largest absolute Gasteiger partial charge is 0.497 e. The zero-order valence-electron chi connectivity index (χ0n) is 14.8. The topological polar surface area (TPSA) is 82.1 Å². The number of ether oxygens (including phenoxy) is 3. The highest BCUT2D eigenvalue weighted by molar-refractivity contribution is 7.92. The van der Waals surface area contributed by atoms with Crippen molar-refractivity contribution in [2.45, 2.75) is 11.8 Å². The maximum absolute atomic E-state index is 13.1. The monoisotopic (exact) mass is 379 g/mol. The molecule has 2 aromatic rings. The van der Waals surface area contributed by atoms with Crippen LogP contribution in [0, 0.1) is 0 Å². The van der Waals surface area contributed by atoms with Crippen molar-refractivity contribution in [2.24, 2.45) is 0 Å². The molecule has 0 aliphatic heterocycles. The SMILES string of the molecule is CCOC(=O)CN(c1ccc(OC)cc1)S(=O)(=O)c1ccc(OC)cc1. The van der Waals surface area contributed by atoms with Gasteiger partial charge in [0.1, 0.15) is 18.0 Å². The molecule has 0 aliphatic carbocycles. The Hall–Kier alpha value is -2.74. The molecule has 0 spiro atoms. The molecule has 7 nitrogen and oxygen atoms in total. The molecule has 0 amide bonds. The molecular formula is C18H21NO6S. The number of carbonyl (C=O) groups excluding carboxylic acids is 1. The third-order valence-electron chi connectivity index (χ3n) is 3.59. The summed E-state index contributed by atoms with van der Waals surface area (Å²) < 4.78 is 42.2. The van der Waals surface area contributed by atoms with Gasteiger partial charge in [-0.25, -0.2) is 8.42 Å². The number of rotatable bonds is 8. The molecule has 0 radical (unpaired) electrons. The highest BCUT2D eigenvalue weighted by Gasteiger charge is 2.27. The smallest absolute Gasteiger partial charge is 0.326 e. The van der Waals surface area contributed by atoms with E-state index < -0.39 is 22.5 Å². The van der Waals surface area contributed by atoms with E-state index in [1.807, 2.05) is 0 Å². The molecule has 0 bridgehead atoms. The summed E-state index contributed by atoms with van der Waals surface area (Å²) in [6.07, 6.45) is 0. The van der Waals surface area contributed by atoms with Crippen LogP contribution in [0.1, 0.15) is 6.92 Å². The lowest BCUT2D eigenvalue weighted by Gasteiger charge is -2.24. The predicted octanol–water partition coefficient (Wildman–Crippen LogP) is 2.46. The summed E-state index contributed by atoms with van der Waals surface area (Å²) in [4.78, 5) is 12.0. The minimum absolute atomic E-state index is 0.0402. The van der Waals surface area contributed by atoms with Crippen LogP contribution in [0.3, 0.4) is 0 Å². The van der Waals surface area contributed by atoms with Crippen LogP contribution in [0.5, 0.6) is 11.5 Å². The number of carbonyl (C=O) groups is 1. The summed E-state index contributed by atoms with van der Waals surface area (Å²) in [7, 11) is -0.969. The van der Waals surface area contributed by atoms with Gasteiger partial charge in [-0.05, 0) is 55.5 Å². The Balaban J connectivity index is 2.44. The van der Waals surface area contributed by atoms with Crippen molar-refractivity contribution in [3.63, 3.8) is 0 Å². The predicted molar refractivity (Wildman–Crippen MR) is 97.2 cm³/mol. The Labute approximate surface area is 153 Å². The molecule has 26 heavy (non-hydrogen) atoms. The number of anilines is 1. The summed E-state index contributed by atoms with van der Waals surface area (Å²) >= 11 is 0. The number of sulfonamides is 1. The van der Waals surface area contributed by atoms with Gasteiger partial charge in [-0.3, -0.25) is 9.10 Å². The van der Waals surface area contributed by atoms with Gasteiger partial charge in [0, 0.05) is 0 Å². The first-order chi connectivity index (χ1) is 12.4. The van der Waals surface area contributed by atoms with Crippen LogP contribution in [0.15, 0.2) is 53.4 Å². The maximum atomic E-state index is 13.1. The zero-order valence-corrected chi connectivity index (χ0v) is 15.7. The Morgan fingerprint density at radius 3 is 1.88 bits per heavy atom. The fraction of sp³-hybridized carbons (Fsp3) is 0.278. The van der Waals surface area contributed by atoms with Crippen molar-refractivity contribution < 1.29 is 27.4 Å². The molecule has 0 unspecified atom stereocenters. The van der Waals surface area contributed by atoms with Crippen molar-refractivity contribution in [2.75, 3.05) is 31.7 Å². The van der Waals surface area contributed by atoms with Gasteiger partial charge in [-0.15, -0.1) is 0 Å². The molecule has 0 saturated carbocycles. The lowest BCUT2D eigenvalue weighted by Crippen LogP contribution is -2.36. The number of hydrogen-bond donors (Lipinski definition) is 0. The van der Waals surface area contributed by atoms with Crippen molar-refractivity contribution >= 4 is 21.7 Å². The molecule has 8 heteroatoms. The van der Waals surface area contributed by atoms with E-state index in [9.17, 15) is 13.2 Å². The van der Waals surface area contributed by atoms with Gasteiger partial charge < -0.3 is 14.2 Å². The minimum Gasteiger partial charge on any atom is -0.497 e. The van der Waals surface area contributed by atoms with Crippen LogP contribution >= 0.6 is 0 Å². The summed E-state index contributed by atoms with van der Waals surface area (Å²) in [6.45, 7) is 1.39. The van der Waals surface area contributed by atoms with Crippen molar-refractivity contribution in [3.05, 3.63) is 48.5 Å². The maximum Gasteiger partial charge on any atom is 0.326 e. The van der Waals surface area contributed by atoms with Crippen molar-refractivity contribution in [1.82, 2.24) is 0 Å².